The minimum absolute atomic E-state index is 0.0182. The normalized spacial score (nSPS) is 17.0. The maximum Gasteiger partial charge on any atom is 0.243 e. The molecular formula is C23H27N3O3S2. The van der Waals surface area contributed by atoms with Crippen molar-refractivity contribution in [3.05, 3.63) is 60.9 Å². The quantitative estimate of drug-likeness (QED) is 0.544. The summed E-state index contributed by atoms with van der Waals surface area (Å²) in [6, 6.07) is 15.1. The van der Waals surface area contributed by atoms with Crippen molar-refractivity contribution in [2.45, 2.75) is 28.7 Å². The highest BCUT2D eigenvalue weighted by atomic mass is 32.2. The first-order valence-corrected chi connectivity index (χ1v) is 12.8. The standard InChI is InChI=1S/C23H27N3O3S2/c1-29-19-5-3-6-20(14-19)30-16-22(24)17-9-12-26(13-10-17)31(27,28)23-7-2-4-18-15-25-11-8-21(18)23/h2-8,11,14-15,17,22H,9-10,12-13,16,24H2,1H3. The number of hydrogen-bond donors (Lipinski definition) is 1. The van der Waals surface area contributed by atoms with Gasteiger partial charge in [0.2, 0.25) is 10.0 Å². The topological polar surface area (TPSA) is 85.5 Å². The Hall–Kier alpha value is -2.13. The van der Waals surface area contributed by atoms with Gasteiger partial charge in [0.25, 0.3) is 0 Å². The summed E-state index contributed by atoms with van der Waals surface area (Å²) in [5.74, 6) is 1.93. The fourth-order valence-electron chi connectivity index (χ4n) is 4.02. The van der Waals surface area contributed by atoms with Crippen LogP contribution in [0.15, 0.2) is 70.7 Å². The second-order valence-corrected chi connectivity index (χ2v) is 10.7. The van der Waals surface area contributed by atoms with Crippen LogP contribution in [0.1, 0.15) is 12.8 Å². The Morgan fingerprint density at radius 1 is 1.19 bits per heavy atom. The van der Waals surface area contributed by atoms with E-state index in [4.69, 9.17) is 10.5 Å². The third kappa shape index (κ3) is 4.87. The molecule has 1 aromatic heterocycles. The van der Waals surface area contributed by atoms with Crippen molar-refractivity contribution >= 4 is 32.6 Å². The molecule has 0 aliphatic carbocycles. The molecule has 0 bridgehead atoms. The average Bonchev–Trinajstić information content (AvgIpc) is 2.82. The number of ether oxygens (including phenoxy) is 1. The summed E-state index contributed by atoms with van der Waals surface area (Å²) in [7, 11) is -1.90. The average molecular weight is 458 g/mol. The van der Waals surface area contributed by atoms with Crippen molar-refractivity contribution in [1.29, 1.82) is 0 Å². The monoisotopic (exact) mass is 457 g/mol. The van der Waals surface area contributed by atoms with E-state index in [2.05, 4.69) is 11.1 Å². The van der Waals surface area contributed by atoms with Crippen LogP contribution in [0.4, 0.5) is 0 Å². The third-order valence-corrected chi connectivity index (χ3v) is 8.94. The molecule has 1 saturated heterocycles. The molecule has 3 aromatic rings. The van der Waals surface area contributed by atoms with Gasteiger partial charge in [0.1, 0.15) is 5.75 Å². The van der Waals surface area contributed by atoms with Gasteiger partial charge < -0.3 is 10.5 Å². The minimum Gasteiger partial charge on any atom is -0.497 e. The summed E-state index contributed by atoms with van der Waals surface area (Å²) in [5, 5.41) is 1.54. The Labute approximate surface area is 187 Å². The van der Waals surface area contributed by atoms with Gasteiger partial charge >= 0.3 is 0 Å². The molecule has 2 heterocycles. The predicted molar refractivity (Wildman–Crippen MR) is 125 cm³/mol. The van der Waals surface area contributed by atoms with Crippen LogP contribution >= 0.6 is 11.8 Å². The molecule has 1 unspecified atom stereocenters. The van der Waals surface area contributed by atoms with Crippen LogP contribution in [-0.2, 0) is 10.0 Å². The lowest BCUT2D eigenvalue weighted by atomic mass is 9.92. The highest BCUT2D eigenvalue weighted by molar-refractivity contribution is 7.99. The van der Waals surface area contributed by atoms with Crippen LogP contribution in [0, 0.1) is 5.92 Å². The summed E-state index contributed by atoms with van der Waals surface area (Å²) in [5.41, 5.74) is 6.48. The van der Waals surface area contributed by atoms with Crippen molar-refractivity contribution in [2.24, 2.45) is 11.7 Å². The van der Waals surface area contributed by atoms with E-state index >= 15 is 0 Å². The van der Waals surface area contributed by atoms with E-state index < -0.39 is 10.0 Å². The van der Waals surface area contributed by atoms with Gasteiger partial charge in [-0.25, -0.2) is 8.42 Å². The molecular weight excluding hydrogens is 430 g/mol. The summed E-state index contributed by atoms with van der Waals surface area (Å²) in [6.07, 6.45) is 4.86. The predicted octanol–water partition coefficient (Wildman–Crippen LogP) is 3.76. The first-order valence-electron chi connectivity index (χ1n) is 10.3. The molecule has 1 atom stereocenters. The second-order valence-electron chi connectivity index (χ2n) is 7.75. The summed E-state index contributed by atoms with van der Waals surface area (Å²) in [4.78, 5) is 5.57. The molecule has 31 heavy (non-hydrogen) atoms. The second kappa shape index (κ2) is 9.56. The molecule has 6 nitrogen and oxygen atoms in total. The number of nitrogens with zero attached hydrogens (tertiary/aromatic N) is 2. The van der Waals surface area contributed by atoms with Crippen LogP contribution in [-0.4, -0.2) is 49.7 Å². The number of piperidine rings is 1. The van der Waals surface area contributed by atoms with E-state index in [0.29, 0.717) is 29.3 Å². The largest absolute Gasteiger partial charge is 0.497 e. The lowest BCUT2D eigenvalue weighted by Crippen LogP contribution is -2.44. The van der Waals surface area contributed by atoms with E-state index in [9.17, 15) is 8.42 Å². The van der Waals surface area contributed by atoms with E-state index in [0.717, 1.165) is 34.6 Å². The molecule has 1 aliphatic heterocycles. The molecule has 0 spiro atoms. The number of benzene rings is 2. The highest BCUT2D eigenvalue weighted by Gasteiger charge is 2.32. The number of nitrogens with two attached hydrogens (primary N) is 1. The zero-order valence-electron chi connectivity index (χ0n) is 17.5. The zero-order valence-corrected chi connectivity index (χ0v) is 19.1. The van der Waals surface area contributed by atoms with E-state index in [-0.39, 0.29) is 6.04 Å². The minimum atomic E-state index is -3.56. The highest BCUT2D eigenvalue weighted by Crippen LogP contribution is 2.31. The molecule has 0 saturated carbocycles. The number of sulfonamides is 1. The van der Waals surface area contributed by atoms with Crippen molar-refractivity contribution in [1.82, 2.24) is 9.29 Å². The molecule has 164 valence electrons. The van der Waals surface area contributed by atoms with Crippen LogP contribution in [0.25, 0.3) is 10.8 Å². The number of aromatic nitrogens is 1. The number of thioether (sulfide) groups is 1. The Morgan fingerprint density at radius 3 is 2.74 bits per heavy atom. The van der Waals surface area contributed by atoms with Gasteiger partial charge in [-0.05, 0) is 49.1 Å². The van der Waals surface area contributed by atoms with Gasteiger partial charge in [0.05, 0.1) is 12.0 Å². The van der Waals surface area contributed by atoms with Crippen LogP contribution in [0.2, 0.25) is 0 Å². The van der Waals surface area contributed by atoms with Gasteiger partial charge in [0, 0.05) is 52.9 Å². The molecule has 2 N–H and O–H groups in total. The number of rotatable bonds is 7. The zero-order chi connectivity index (χ0) is 21.8. The fraction of sp³-hybridized carbons (Fsp3) is 0.348. The lowest BCUT2D eigenvalue weighted by molar-refractivity contribution is 0.252. The number of pyridine rings is 1. The molecule has 0 radical (unpaired) electrons. The molecule has 0 amide bonds. The Morgan fingerprint density at radius 2 is 1.97 bits per heavy atom. The van der Waals surface area contributed by atoms with Crippen molar-refractivity contribution in [3.8, 4) is 5.75 Å². The van der Waals surface area contributed by atoms with E-state index in [1.807, 2.05) is 24.3 Å². The first kappa shape index (κ1) is 22.1. The fourth-order valence-corrected chi connectivity index (χ4v) is 6.74. The van der Waals surface area contributed by atoms with Crippen molar-refractivity contribution < 1.29 is 13.2 Å². The molecule has 4 rings (SSSR count). The van der Waals surface area contributed by atoms with Crippen LogP contribution in [0.3, 0.4) is 0 Å². The summed E-state index contributed by atoms with van der Waals surface area (Å²) >= 11 is 1.71. The number of fused-ring (bicyclic) bond motifs is 1. The Balaban J connectivity index is 1.38. The smallest absolute Gasteiger partial charge is 0.243 e. The third-order valence-electron chi connectivity index (χ3n) is 5.85. The molecule has 1 fully saturated rings. The first-order chi connectivity index (χ1) is 15.0. The van der Waals surface area contributed by atoms with Crippen molar-refractivity contribution in [3.63, 3.8) is 0 Å². The van der Waals surface area contributed by atoms with Gasteiger partial charge in [-0.3, -0.25) is 4.98 Å². The number of methoxy groups -OCH3 is 1. The SMILES string of the molecule is COc1cccc(SCC(N)C2CCN(S(=O)(=O)c3cccc4cnccc34)CC2)c1. The lowest BCUT2D eigenvalue weighted by Gasteiger charge is -2.34. The maximum absolute atomic E-state index is 13.3. The van der Waals surface area contributed by atoms with Crippen LogP contribution < -0.4 is 10.5 Å². The van der Waals surface area contributed by atoms with Gasteiger partial charge in [-0.15, -0.1) is 11.8 Å². The van der Waals surface area contributed by atoms with Gasteiger partial charge in [0.15, 0.2) is 0 Å². The van der Waals surface area contributed by atoms with Gasteiger partial charge in [-0.1, -0.05) is 18.2 Å². The molecule has 2 aromatic carbocycles. The molecule has 8 heteroatoms. The van der Waals surface area contributed by atoms with E-state index in [1.54, 1.807) is 53.8 Å². The van der Waals surface area contributed by atoms with Gasteiger partial charge in [-0.2, -0.15) is 4.31 Å². The Kier molecular flexibility index (Phi) is 6.81. The number of hydrogen-bond acceptors (Lipinski definition) is 6. The Bertz CT molecular complexity index is 1140. The summed E-state index contributed by atoms with van der Waals surface area (Å²) < 4.78 is 33.5. The maximum atomic E-state index is 13.3. The van der Waals surface area contributed by atoms with Crippen LogP contribution in [0.5, 0.6) is 5.75 Å². The van der Waals surface area contributed by atoms with Crippen molar-refractivity contribution in [2.75, 3.05) is 26.0 Å². The van der Waals surface area contributed by atoms with E-state index in [1.165, 1.54) is 0 Å². The summed E-state index contributed by atoms with van der Waals surface area (Å²) in [6.45, 7) is 0.984. The molecule has 1 aliphatic rings.